The summed E-state index contributed by atoms with van der Waals surface area (Å²) in [7, 11) is 0. The second-order valence-corrected chi connectivity index (χ2v) is 6.17. The summed E-state index contributed by atoms with van der Waals surface area (Å²) in [6.45, 7) is 9.28. The highest BCUT2D eigenvalue weighted by molar-refractivity contribution is 5.79. The quantitative estimate of drug-likeness (QED) is 0.606. The number of amides is 1. The minimum atomic E-state index is -1.03. The summed E-state index contributed by atoms with van der Waals surface area (Å²) in [6, 6.07) is -0.899. The fourth-order valence-corrected chi connectivity index (χ4v) is 1.78. The van der Waals surface area contributed by atoms with Crippen LogP contribution in [-0.2, 0) is 14.3 Å². The summed E-state index contributed by atoms with van der Waals surface area (Å²) in [5, 5.41) is 11.5. The Bertz CT molecular complexity index is 312. The number of hydrogen-bond donors (Lipinski definition) is 2. The van der Waals surface area contributed by atoms with E-state index in [0.29, 0.717) is 19.6 Å². The van der Waals surface area contributed by atoms with E-state index in [0.717, 1.165) is 19.3 Å². The lowest BCUT2D eigenvalue weighted by Gasteiger charge is -2.19. The zero-order valence-electron chi connectivity index (χ0n) is 13.6. The second kappa shape index (κ2) is 10.4. The number of carboxylic acid groups (broad SMARTS) is 1. The van der Waals surface area contributed by atoms with E-state index < -0.39 is 18.1 Å². The van der Waals surface area contributed by atoms with Crippen molar-refractivity contribution in [2.24, 2.45) is 5.41 Å². The van der Waals surface area contributed by atoms with Gasteiger partial charge in [0.1, 0.15) is 12.6 Å². The van der Waals surface area contributed by atoms with E-state index in [1.807, 2.05) is 6.92 Å². The number of ether oxygens (including phenoxy) is 2. The molecule has 0 bridgehead atoms. The molecule has 0 saturated heterocycles. The number of carbonyl (C=O) groups is 2. The standard InChI is InChI=1S/C15H29NO5/c1-5-20-10-11-21-14(19)16-12(13(17)18)8-6-7-9-15(2,3)4/h12H,5-11H2,1-4H3,(H,16,19)(H,17,18)/t12-/m0/s1. The third-order valence-corrected chi connectivity index (χ3v) is 2.92. The topological polar surface area (TPSA) is 84.9 Å². The summed E-state index contributed by atoms with van der Waals surface area (Å²) in [5.41, 5.74) is 0.240. The van der Waals surface area contributed by atoms with Crippen molar-refractivity contribution in [2.75, 3.05) is 19.8 Å². The third-order valence-electron chi connectivity index (χ3n) is 2.92. The zero-order valence-corrected chi connectivity index (χ0v) is 13.6. The van der Waals surface area contributed by atoms with Gasteiger partial charge in [0.2, 0.25) is 0 Å². The van der Waals surface area contributed by atoms with Gasteiger partial charge in [0.15, 0.2) is 0 Å². The molecule has 0 aliphatic rings. The molecule has 0 saturated carbocycles. The fraction of sp³-hybridized carbons (Fsp3) is 0.867. The lowest BCUT2D eigenvalue weighted by molar-refractivity contribution is -0.139. The molecule has 0 aliphatic heterocycles. The normalized spacial score (nSPS) is 12.8. The molecular formula is C15H29NO5. The van der Waals surface area contributed by atoms with Gasteiger partial charge in [-0.1, -0.05) is 33.6 Å². The Morgan fingerprint density at radius 1 is 1.19 bits per heavy atom. The van der Waals surface area contributed by atoms with Gasteiger partial charge >= 0.3 is 12.1 Å². The van der Waals surface area contributed by atoms with Crippen molar-refractivity contribution in [1.82, 2.24) is 5.32 Å². The molecule has 0 aliphatic carbocycles. The Morgan fingerprint density at radius 3 is 2.38 bits per heavy atom. The summed E-state index contributed by atoms with van der Waals surface area (Å²) >= 11 is 0. The van der Waals surface area contributed by atoms with Crippen LogP contribution in [0, 0.1) is 5.41 Å². The minimum Gasteiger partial charge on any atom is -0.480 e. The number of unbranched alkanes of at least 4 members (excludes halogenated alkanes) is 1. The molecule has 21 heavy (non-hydrogen) atoms. The molecule has 2 N–H and O–H groups in total. The van der Waals surface area contributed by atoms with Crippen LogP contribution >= 0.6 is 0 Å². The molecule has 124 valence electrons. The Balaban J connectivity index is 3.96. The van der Waals surface area contributed by atoms with Crippen LogP contribution in [0.4, 0.5) is 4.79 Å². The smallest absolute Gasteiger partial charge is 0.407 e. The highest BCUT2D eigenvalue weighted by Crippen LogP contribution is 2.22. The Hall–Kier alpha value is -1.30. The van der Waals surface area contributed by atoms with Crippen molar-refractivity contribution in [1.29, 1.82) is 0 Å². The van der Waals surface area contributed by atoms with Gasteiger partial charge in [-0.15, -0.1) is 0 Å². The molecule has 0 heterocycles. The van der Waals surface area contributed by atoms with Crippen molar-refractivity contribution < 1.29 is 24.2 Å². The highest BCUT2D eigenvalue weighted by atomic mass is 16.6. The highest BCUT2D eigenvalue weighted by Gasteiger charge is 2.20. The number of aliphatic carboxylic acids is 1. The van der Waals surface area contributed by atoms with Crippen LogP contribution in [0.3, 0.4) is 0 Å². The van der Waals surface area contributed by atoms with E-state index in [-0.39, 0.29) is 12.0 Å². The summed E-state index contributed by atoms with van der Waals surface area (Å²) in [6.07, 6.45) is 2.42. The number of rotatable bonds is 10. The summed E-state index contributed by atoms with van der Waals surface area (Å²) in [4.78, 5) is 22.6. The predicted octanol–water partition coefficient (Wildman–Crippen LogP) is 2.81. The Morgan fingerprint density at radius 2 is 1.86 bits per heavy atom. The first-order chi connectivity index (χ1) is 9.76. The second-order valence-electron chi connectivity index (χ2n) is 6.17. The number of nitrogens with one attached hydrogen (secondary N) is 1. The first-order valence-corrected chi connectivity index (χ1v) is 7.50. The predicted molar refractivity (Wildman–Crippen MR) is 80.3 cm³/mol. The maximum atomic E-state index is 11.5. The molecule has 0 rings (SSSR count). The lowest BCUT2D eigenvalue weighted by atomic mass is 9.89. The molecular weight excluding hydrogens is 274 g/mol. The van der Waals surface area contributed by atoms with E-state index >= 15 is 0 Å². The molecule has 6 heteroatoms. The zero-order chi connectivity index (χ0) is 16.3. The maximum absolute atomic E-state index is 11.5. The van der Waals surface area contributed by atoms with Crippen LogP contribution in [0.2, 0.25) is 0 Å². The molecule has 0 aromatic heterocycles. The molecule has 6 nitrogen and oxygen atoms in total. The van der Waals surface area contributed by atoms with Crippen molar-refractivity contribution in [3.63, 3.8) is 0 Å². The Labute approximate surface area is 127 Å². The number of carbonyl (C=O) groups excluding carboxylic acids is 1. The van der Waals surface area contributed by atoms with Gasteiger partial charge in [-0.05, 0) is 25.2 Å². The van der Waals surface area contributed by atoms with E-state index in [9.17, 15) is 9.59 Å². The van der Waals surface area contributed by atoms with E-state index in [1.54, 1.807) is 0 Å². The van der Waals surface area contributed by atoms with Crippen LogP contribution in [-0.4, -0.2) is 43.0 Å². The molecule has 0 fully saturated rings. The summed E-state index contributed by atoms with van der Waals surface area (Å²) in [5.74, 6) is -1.03. The van der Waals surface area contributed by atoms with Gasteiger partial charge in [-0.3, -0.25) is 0 Å². The van der Waals surface area contributed by atoms with Crippen molar-refractivity contribution in [2.45, 2.75) is 59.4 Å². The monoisotopic (exact) mass is 303 g/mol. The van der Waals surface area contributed by atoms with Crippen LogP contribution in [0.1, 0.15) is 53.4 Å². The maximum Gasteiger partial charge on any atom is 0.407 e. The molecule has 0 aromatic rings. The molecule has 0 spiro atoms. The van der Waals surface area contributed by atoms with Crippen LogP contribution in [0.5, 0.6) is 0 Å². The first kappa shape index (κ1) is 19.7. The van der Waals surface area contributed by atoms with Gasteiger partial charge < -0.3 is 19.9 Å². The van der Waals surface area contributed by atoms with Crippen molar-refractivity contribution >= 4 is 12.1 Å². The van der Waals surface area contributed by atoms with Crippen LogP contribution < -0.4 is 5.32 Å². The van der Waals surface area contributed by atoms with Gasteiger partial charge in [-0.2, -0.15) is 0 Å². The van der Waals surface area contributed by atoms with Gasteiger partial charge in [0.25, 0.3) is 0 Å². The fourth-order valence-electron chi connectivity index (χ4n) is 1.78. The van der Waals surface area contributed by atoms with Crippen molar-refractivity contribution in [3.05, 3.63) is 0 Å². The largest absolute Gasteiger partial charge is 0.480 e. The van der Waals surface area contributed by atoms with Gasteiger partial charge in [0, 0.05) is 6.61 Å². The first-order valence-electron chi connectivity index (χ1n) is 7.50. The van der Waals surface area contributed by atoms with E-state index in [4.69, 9.17) is 14.6 Å². The SMILES string of the molecule is CCOCCOC(=O)N[C@@H](CCCCC(C)(C)C)C(=O)O. The van der Waals surface area contributed by atoms with Crippen molar-refractivity contribution in [3.8, 4) is 0 Å². The molecule has 1 atom stereocenters. The number of hydrogen-bond acceptors (Lipinski definition) is 4. The number of alkyl carbamates (subject to hydrolysis) is 1. The molecule has 1 amide bonds. The van der Waals surface area contributed by atoms with Crippen LogP contribution in [0.15, 0.2) is 0 Å². The molecule has 0 radical (unpaired) electrons. The average molecular weight is 303 g/mol. The Kier molecular flexibility index (Phi) is 9.78. The summed E-state index contributed by atoms with van der Waals surface area (Å²) < 4.78 is 9.87. The van der Waals surface area contributed by atoms with Crippen LogP contribution in [0.25, 0.3) is 0 Å². The molecule has 0 aromatic carbocycles. The minimum absolute atomic E-state index is 0.121. The average Bonchev–Trinajstić information content (AvgIpc) is 2.37. The third kappa shape index (κ3) is 12.2. The van der Waals surface area contributed by atoms with Gasteiger partial charge in [0.05, 0.1) is 6.61 Å². The van der Waals surface area contributed by atoms with E-state index in [1.165, 1.54) is 0 Å². The van der Waals surface area contributed by atoms with Gasteiger partial charge in [-0.25, -0.2) is 9.59 Å². The number of carboxylic acids is 1. The lowest BCUT2D eigenvalue weighted by Crippen LogP contribution is -2.41. The molecule has 0 unspecified atom stereocenters. The van der Waals surface area contributed by atoms with E-state index in [2.05, 4.69) is 26.1 Å².